The molecule has 0 aliphatic heterocycles. The molecule has 1 amide bonds. The topological polar surface area (TPSA) is 98.1 Å². The summed E-state index contributed by atoms with van der Waals surface area (Å²) in [5, 5.41) is 0. The third kappa shape index (κ3) is 4.36. The standard InChI is InChI=1S/C11H19N5O/c1-8(2)6-16(7-10(13)17)11-14-4-9(3-12)5-15-11/h4-5,8H,3,6-7,12H2,1-2H3,(H2,13,17). The van der Waals surface area contributed by atoms with Crippen molar-refractivity contribution < 1.29 is 4.79 Å². The van der Waals surface area contributed by atoms with Gasteiger partial charge in [0.1, 0.15) is 0 Å². The summed E-state index contributed by atoms with van der Waals surface area (Å²) in [5.74, 6) is 0.513. The molecule has 0 spiro atoms. The quantitative estimate of drug-likeness (QED) is 0.719. The Morgan fingerprint density at radius 1 is 1.41 bits per heavy atom. The van der Waals surface area contributed by atoms with Crippen LogP contribution in [-0.2, 0) is 11.3 Å². The van der Waals surface area contributed by atoms with Gasteiger partial charge >= 0.3 is 0 Å². The van der Waals surface area contributed by atoms with Crippen molar-refractivity contribution in [1.82, 2.24) is 9.97 Å². The van der Waals surface area contributed by atoms with Crippen LogP contribution >= 0.6 is 0 Å². The minimum Gasteiger partial charge on any atom is -0.368 e. The Labute approximate surface area is 101 Å². The fourth-order valence-electron chi connectivity index (χ4n) is 1.46. The molecule has 0 unspecified atom stereocenters. The number of primary amides is 1. The second kappa shape index (κ2) is 6.15. The molecule has 0 atom stereocenters. The van der Waals surface area contributed by atoms with Gasteiger partial charge in [-0.15, -0.1) is 0 Å². The molecule has 0 saturated carbocycles. The molecule has 4 N–H and O–H groups in total. The van der Waals surface area contributed by atoms with Crippen LogP contribution in [0.3, 0.4) is 0 Å². The molecule has 17 heavy (non-hydrogen) atoms. The molecular weight excluding hydrogens is 218 g/mol. The highest BCUT2D eigenvalue weighted by atomic mass is 16.1. The van der Waals surface area contributed by atoms with Crippen molar-refractivity contribution in [2.45, 2.75) is 20.4 Å². The van der Waals surface area contributed by atoms with Crippen LogP contribution in [0.4, 0.5) is 5.95 Å². The average Bonchev–Trinajstić information content (AvgIpc) is 2.27. The number of nitrogens with zero attached hydrogens (tertiary/aromatic N) is 3. The molecule has 1 heterocycles. The third-order valence-corrected chi connectivity index (χ3v) is 2.14. The highest BCUT2D eigenvalue weighted by molar-refractivity contribution is 5.78. The Hall–Kier alpha value is -1.69. The number of hydrogen-bond acceptors (Lipinski definition) is 5. The number of carbonyl (C=O) groups is 1. The maximum Gasteiger partial charge on any atom is 0.237 e. The number of carbonyl (C=O) groups excluding carboxylic acids is 1. The SMILES string of the molecule is CC(C)CN(CC(N)=O)c1ncc(CN)cn1. The Morgan fingerprint density at radius 3 is 2.41 bits per heavy atom. The number of nitrogens with two attached hydrogens (primary N) is 2. The van der Waals surface area contributed by atoms with Crippen molar-refractivity contribution in [2.24, 2.45) is 17.4 Å². The van der Waals surface area contributed by atoms with Gasteiger partial charge in [0.05, 0.1) is 6.54 Å². The van der Waals surface area contributed by atoms with Crippen LogP contribution in [0.2, 0.25) is 0 Å². The molecule has 0 fully saturated rings. The van der Waals surface area contributed by atoms with Crippen molar-refractivity contribution in [3.8, 4) is 0 Å². The third-order valence-electron chi connectivity index (χ3n) is 2.14. The lowest BCUT2D eigenvalue weighted by Gasteiger charge is -2.22. The van der Waals surface area contributed by atoms with Gasteiger partial charge < -0.3 is 16.4 Å². The van der Waals surface area contributed by atoms with Crippen molar-refractivity contribution in [2.75, 3.05) is 18.0 Å². The van der Waals surface area contributed by atoms with Crippen molar-refractivity contribution in [1.29, 1.82) is 0 Å². The Morgan fingerprint density at radius 2 is 2.00 bits per heavy atom. The van der Waals surface area contributed by atoms with E-state index < -0.39 is 5.91 Å². The molecule has 0 bridgehead atoms. The van der Waals surface area contributed by atoms with Crippen LogP contribution < -0.4 is 16.4 Å². The van der Waals surface area contributed by atoms with Gasteiger partial charge in [-0.3, -0.25) is 4.79 Å². The van der Waals surface area contributed by atoms with E-state index in [1.165, 1.54) is 0 Å². The van der Waals surface area contributed by atoms with Gasteiger partial charge in [0.15, 0.2) is 0 Å². The molecule has 6 heteroatoms. The van der Waals surface area contributed by atoms with Crippen LogP contribution in [0.5, 0.6) is 0 Å². The first kappa shape index (κ1) is 13.4. The molecule has 1 rings (SSSR count). The molecular formula is C11H19N5O. The minimum absolute atomic E-state index is 0.125. The van der Waals surface area contributed by atoms with Crippen molar-refractivity contribution in [3.05, 3.63) is 18.0 Å². The average molecular weight is 237 g/mol. The van der Waals surface area contributed by atoms with Crippen LogP contribution in [0, 0.1) is 5.92 Å². The first-order valence-electron chi connectivity index (χ1n) is 5.57. The minimum atomic E-state index is -0.392. The number of aromatic nitrogens is 2. The van der Waals surface area contributed by atoms with E-state index in [1.54, 1.807) is 17.3 Å². The van der Waals surface area contributed by atoms with Gasteiger partial charge in [-0.05, 0) is 5.92 Å². The molecule has 1 aromatic heterocycles. The Kier molecular flexibility index (Phi) is 4.84. The van der Waals surface area contributed by atoms with E-state index in [1.807, 2.05) is 0 Å². The van der Waals surface area contributed by atoms with Crippen molar-refractivity contribution >= 4 is 11.9 Å². The molecule has 0 aliphatic carbocycles. The highest BCUT2D eigenvalue weighted by Crippen LogP contribution is 2.09. The van der Waals surface area contributed by atoms with Gasteiger partial charge in [-0.25, -0.2) is 9.97 Å². The second-order valence-corrected chi connectivity index (χ2v) is 4.34. The molecule has 0 saturated heterocycles. The number of amides is 1. The van der Waals surface area contributed by atoms with E-state index in [9.17, 15) is 4.79 Å². The summed E-state index contributed by atoms with van der Waals surface area (Å²) < 4.78 is 0. The zero-order valence-electron chi connectivity index (χ0n) is 10.3. The second-order valence-electron chi connectivity index (χ2n) is 4.34. The summed E-state index contributed by atoms with van der Waals surface area (Å²) in [6, 6.07) is 0. The van der Waals surface area contributed by atoms with E-state index in [4.69, 9.17) is 11.5 Å². The lowest BCUT2D eigenvalue weighted by atomic mass is 10.2. The van der Waals surface area contributed by atoms with E-state index in [2.05, 4.69) is 23.8 Å². The normalized spacial score (nSPS) is 10.6. The Balaban J connectivity index is 2.83. The van der Waals surface area contributed by atoms with Gasteiger partial charge in [0.25, 0.3) is 0 Å². The van der Waals surface area contributed by atoms with E-state index in [0.29, 0.717) is 25.0 Å². The summed E-state index contributed by atoms with van der Waals surface area (Å²) >= 11 is 0. The van der Waals surface area contributed by atoms with Gasteiger partial charge in [0, 0.05) is 31.0 Å². The number of hydrogen-bond donors (Lipinski definition) is 2. The highest BCUT2D eigenvalue weighted by Gasteiger charge is 2.13. The molecule has 6 nitrogen and oxygen atoms in total. The van der Waals surface area contributed by atoms with Gasteiger partial charge in [0.2, 0.25) is 11.9 Å². The van der Waals surface area contributed by atoms with Gasteiger partial charge in [-0.1, -0.05) is 13.8 Å². The summed E-state index contributed by atoms with van der Waals surface area (Å²) in [6.45, 7) is 5.33. The zero-order chi connectivity index (χ0) is 12.8. The summed E-state index contributed by atoms with van der Waals surface area (Å²) in [5.41, 5.74) is 11.5. The molecule has 1 aromatic rings. The summed E-state index contributed by atoms with van der Waals surface area (Å²) in [7, 11) is 0. The predicted molar refractivity (Wildman–Crippen MR) is 66.2 cm³/mol. The largest absolute Gasteiger partial charge is 0.368 e. The first-order valence-corrected chi connectivity index (χ1v) is 5.57. The van der Waals surface area contributed by atoms with Crippen LogP contribution in [-0.4, -0.2) is 29.0 Å². The van der Waals surface area contributed by atoms with Gasteiger partial charge in [-0.2, -0.15) is 0 Å². The molecule has 0 aliphatic rings. The molecule has 0 radical (unpaired) electrons. The summed E-state index contributed by atoms with van der Waals surface area (Å²) in [4.78, 5) is 21.1. The van der Waals surface area contributed by atoms with E-state index in [0.717, 1.165) is 5.56 Å². The first-order chi connectivity index (χ1) is 8.02. The van der Waals surface area contributed by atoms with Crippen LogP contribution in [0.1, 0.15) is 19.4 Å². The summed E-state index contributed by atoms with van der Waals surface area (Å²) in [6.07, 6.45) is 3.33. The molecule has 94 valence electrons. The Bertz CT molecular complexity index is 363. The lowest BCUT2D eigenvalue weighted by Crippen LogP contribution is -2.37. The van der Waals surface area contributed by atoms with Crippen LogP contribution in [0.15, 0.2) is 12.4 Å². The van der Waals surface area contributed by atoms with E-state index >= 15 is 0 Å². The molecule has 0 aromatic carbocycles. The number of rotatable bonds is 6. The van der Waals surface area contributed by atoms with E-state index in [-0.39, 0.29) is 6.54 Å². The predicted octanol–water partition coefficient (Wildman–Crippen LogP) is -0.117. The maximum absolute atomic E-state index is 11.0. The number of anilines is 1. The van der Waals surface area contributed by atoms with Crippen LogP contribution in [0.25, 0.3) is 0 Å². The fourth-order valence-corrected chi connectivity index (χ4v) is 1.46. The lowest BCUT2D eigenvalue weighted by molar-refractivity contribution is -0.116. The van der Waals surface area contributed by atoms with Crippen molar-refractivity contribution in [3.63, 3.8) is 0 Å². The maximum atomic E-state index is 11.0. The smallest absolute Gasteiger partial charge is 0.237 e. The fraction of sp³-hybridized carbons (Fsp3) is 0.545. The zero-order valence-corrected chi connectivity index (χ0v) is 10.3. The monoisotopic (exact) mass is 237 g/mol.